The minimum absolute atomic E-state index is 0.153. The highest BCUT2D eigenvalue weighted by molar-refractivity contribution is 5.73. The molecule has 2 aliphatic rings. The molecule has 1 aromatic heterocycles. The summed E-state index contributed by atoms with van der Waals surface area (Å²) in [6.07, 6.45) is 4.04. The van der Waals surface area contributed by atoms with Crippen LogP contribution in [-0.4, -0.2) is 66.6 Å². The van der Waals surface area contributed by atoms with Crippen molar-refractivity contribution in [3.8, 4) is 0 Å². The van der Waals surface area contributed by atoms with Crippen molar-refractivity contribution in [1.29, 1.82) is 0 Å². The van der Waals surface area contributed by atoms with E-state index < -0.39 is 0 Å². The molecule has 2 aliphatic heterocycles. The van der Waals surface area contributed by atoms with E-state index in [0.717, 1.165) is 70.2 Å². The normalized spacial score (nSPS) is 17.9. The van der Waals surface area contributed by atoms with E-state index in [1.54, 1.807) is 6.92 Å². The minimum Gasteiger partial charge on any atom is -0.368 e. The topological polar surface area (TPSA) is 90.6 Å². The van der Waals surface area contributed by atoms with Gasteiger partial charge in [0.15, 0.2) is 0 Å². The number of amides is 1. The van der Waals surface area contributed by atoms with Gasteiger partial charge in [-0.3, -0.25) is 4.79 Å². The summed E-state index contributed by atoms with van der Waals surface area (Å²) in [4.78, 5) is 27.1. The van der Waals surface area contributed by atoms with Crippen LogP contribution in [-0.2, 0) is 4.79 Å². The quantitative estimate of drug-likeness (QED) is 0.781. The second-order valence-electron chi connectivity index (χ2n) is 8.07. The van der Waals surface area contributed by atoms with Crippen LogP contribution in [0.1, 0.15) is 19.8 Å². The summed E-state index contributed by atoms with van der Waals surface area (Å²) in [6.45, 7) is 7.66. The highest BCUT2D eigenvalue weighted by atomic mass is 16.2. The zero-order valence-corrected chi connectivity index (χ0v) is 17.6. The first kappa shape index (κ1) is 20.4. The van der Waals surface area contributed by atoms with Gasteiger partial charge in [0.1, 0.15) is 5.82 Å². The van der Waals surface area contributed by atoms with Gasteiger partial charge in [-0.15, -0.1) is 0 Å². The molecule has 160 valence electrons. The molecule has 30 heavy (non-hydrogen) atoms. The van der Waals surface area contributed by atoms with E-state index in [2.05, 4.69) is 44.4 Å². The largest absolute Gasteiger partial charge is 0.368 e. The number of aromatic nitrogens is 2. The first-order valence-corrected chi connectivity index (χ1v) is 10.8. The average Bonchev–Trinajstić information content (AvgIpc) is 2.80. The molecule has 3 heterocycles. The van der Waals surface area contributed by atoms with Crippen LogP contribution in [0.5, 0.6) is 0 Å². The Balaban J connectivity index is 1.35. The zero-order valence-electron chi connectivity index (χ0n) is 17.6. The van der Waals surface area contributed by atoms with Crippen molar-refractivity contribution >= 4 is 29.0 Å². The molecule has 2 saturated heterocycles. The Morgan fingerprint density at radius 2 is 1.73 bits per heavy atom. The second-order valence-corrected chi connectivity index (χ2v) is 8.07. The summed E-state index contributed by atoms with van der Waals surface area (Å²) in [5, 5.41) is 3.32. The van der Waals surface area contributed by atoms with Crippen LogP contribution in [0.4, 0.5) is 23.1 Å². The average molecular weight is 410 g/mol. The van der Waals surface area contributed by atoms with Gasteiger partial charge < -0.3 is 25.8 Å². The summed E-state index contributed by atoms with van der Waals surface area (Å²) in [7, 11) is 0. The first-order chi connectivity index (χ1) is 14.6. The number of anilines is 4. The zero-order chi connectivity index (χ0) is 20.9. The fourth-order valence-corrected chi connectivity index (χ4v) is 4.15. The summed E-state index contributed by atoms with van der Waals surface area (Å²) in [5.74, 6) is 2.35. The Kier molecular flexibility index (Phi) is 6.32. The Bertz CT molecular complexity index is 841. The van der Waals surface area contributed by atoms with Crippen LogP contribution in [0.3, 0.4) is 0 Å². The lowest BCUT2D eigenvalue weighted by atomic mass is 9.97. The van der Waals surface area contributed by atoms with E-state index in [1.807, 2.05) is 17.2 Å². The SMILES string of the molecule is CC(=O)N1CCN(c2ccc(Nc3nccc(N4CCC(CN)CC4)n3)cc2)CC1. The van der Waals surface area contributed by atoms with Gasteiger partial charge in [-0.2, -0.15) is 4.98 Å². The van der Waals surface area contributed by atoms with Crippen molar-refractivity contribution in [1.82, 2.24) is 14.9 Å². The molecule has 1 amide bonds. The maximum atomic E-state index is 11.5. The van der Waals surface area contributed by atoms with Crippen LogP contribution >= 0.6 is 0 Å². The monoisotopic (exact) mass is 409 g/mol. The smallest absolute Gasteiger partial charge is 0.229 e. The third kappa shape index (κ3) is 4.81. The van der Waals surface area contributed by atoms with E-state index in [4.69, 9.17) is 10.7 Å². The van der Waals surface area contributed by atoms with Gasteiger partial charge in [-0.1, -0.05) is 0 Å². The molecule has 1 aromatic carbocycles. The number of nitrogens with zero attached hydrogens (tertiary/aromatic N) is 5. The Morgan fingerprint density at radius 1 is 1.03 bits per heavy atom. The van der Waals surface area contributed by atoms with Crippen molar-refractivity contribution in [3.05, 3.63) is 36.5 Å². The molecule has 0 aliphatic carbocycles. The highest BCUT2D eigenvalue weighted by Crippen LogP contribution is 2.24. The van der Waals surface area contributed by atoms with Gasteiger partial charge in [-0.05, 0) is 55.6 Å². The van der Waals surface area contributed by atoms with Gasteiger partial charge in [-0.25, -0.2) is 4.98 Å². The number of piperidine rings is 1. The number of nitrogens with one attached hydrogen (secondary N) is 1. The molecular formula is C22H31N7O. The predicted molar refractivity (Wildman–Crippen MR) is 120 cm³/mol. The fraction of sp³-hybridized carbons (Fsp3) is 0.500. The van der Waals surface area contributed by atoms with Crippen molar-refractivity contribution in [2.45, 2.75) is 19.8 Å². The minimum atomic E-state index is 0.153. The maximum absolute atomic E-state index is 11.5. The number of piperazine rings is 1. The molecule has 3 N–H and O–H groups in total. The molecule has 0 bridgehead atoms. The molecule has 8 nitrogen and oxygen atoms in total. The van der Waals surface area contributed by atoms with Crippen LogP contribution < -0.4 is 20.9 Å². The van der Waals surface area contributed by atoms with Crippen molar-refractivity contribution in [2.24, 2.45) is 11.7 Å². The second kappa shape index (κ2) is 9.30. The number of rotatable bonds is 5. The Labute approximate surface area is 178 Å². The van der Waals surface area contributed by atoms with Crippen molar-refractivity contribution in [3.63, 3.8) is 0 Å². The lowest BCUT2D eigenvalue weighted by molar-refractivity contribution is -0.129. The third-order valence-corrected chi connectivity index (χ3v) is 6.13. The molecule has 4 rings (SSSR count). The first-order valence-electron chi connectivity index (χ1n) is 10.8. The lowest BCUT2D eigenvalue weighted by Crippen LogP contribution is -2.48. The number of hydrogen-bond donors (Lipinski definition) is 2. The standard InChI is InChI=1S/C22H31N7O/c1-17(30)27-12-14-28(15-13-27)20-4-2-19(3-5-20)25-22-24-9-6-21(26-22)29-10-7-18(16-23)8-11-29/h2-6,9,18H,7-8,10-16,23H2,1H3,(H,24,25,26). The van der Waals surface area contributed by atoms with Gasteiger partial charge in [0, 0.05) is 63.8 Å². The molecule has 8 heteroatoms. The molecular weight excluding hydrogens is 378 g/mol. The van der Waals surface area contributed by atoms with E-state index in [9.17, 15) is 4.79 Å². The van der Waals surface area contributed by atoms with Gasteiger partial charge >= 0.3 is 0 Å². The van der Waals surface area contributed by atoms with Crippen LogP contribution in [0.15, 0.2) is 36.5 Å². The summed E-state index contributed by atoms with van der Waals surface area (Å²) >= 11 is 0. The van der Waals surface area contributed by atoms with Gasteiger partial charge in [0.05, 0.1) is 0 Å². The molecule has 2 fully saturated rings. The van der Waals surface area contributed by atoms with E-state index in [1.165, 1.54) is 5.69 Å². The van der Waals surface area contributed by atoms with E-state index in [-0.39, 0.29) is 5.91 Å². The van der Waals surface area contributed by atoms with E-state index in [0.29, 0.717) is 11.9 Å². The number of hydrogen-bond acceptors (Lipinski definition) is 7. The number of benzene rings is 1. The molecule has 0 atom stereocenters. The van der Waals surface area contributed by atoms with Crippen LogP contribution in [0.25, 0.3) is 0 Å². The van der Waals surface area contributed by atoms with Gasteiger partial charge in [0.25, 0.3) is 0 Å². The highest BCUT2D eigenvalue weighted by Gasteiger charge is 2.20. The van der Waals surface area contributed by atoms with Crippen molar-refractivity contribution < 1.29 is 4.79 Å². The van der Waals surface area contributed by atoms with E-state index >= 15 is 0 Å². The molecule has 2 aromatic rings. The van der Waals surface area contributed by atoms with Crippen molar-refractivity contribution in [2.75, 3.05) is 60.9 Å². The summed E-state index contributed by atoms with van der Waals surface area (Å²) in [5.41, 5.74) is 7.93. The van der Waals surface area contributed by atoms with Crippen LogP contribution in [0, 0.1) is 5.92 Å². The molecule has 0 spiro atoms. The number of carbonyl (C=O) groups is 1. The van der Waals surface area contributed by atoms with Gasteiger partial charge in [0.2, 0.25) is 11.9 Å². The number of carbonyl (C=O) groups excluding carboxylic acids is 1. The summed E-state index contributed by atoms with van der Waals surface area (Å²) < 4.78 is 0. The molecule has 0 saturated carbocycles. The molecule has 0 radical (unpaired) electrons. The Hall–Kier alpha value is -2.87. The third-order valence-electron chi connectivity index (χ3n) is 6.13. The lowest BCUT2D eigenvalue weighted by Gasteiger charge is -2.35. The molecule has 0 unspecified atom stereocenters. The Morgan fingerprint density at radius 3 is 2.37 bits per heavy atom. The summed E-state index contributed by atoms with van der Waals surface area (Å²) in [6, 6.07) is 10.3. The maximum Gasteiger partial charge on any atom is 0.229 e. The predicted octanol–water partition coefficient (Wildman–Crippen LogP) is 2.06. The van der Waals surface area contributed by atoms with Crippen LogP contribution in [0.2, 0.25) is 0 Å². The fourth-order valence-electron chi connectivity index (χ4n) is 4.15. The number of nitrogens with two attached hydrogens (primary N) is 1.